The maximum Gasteiger partial charge on any atom is 0.407 e. The Morgan fingerprint density at radius 3 is 2.38 bits per heavy atom. The molecule has 0 bridgehead atoms. The first-order valence-corrected chi connectivity index (χ1v) is 8.05. The second kappa shape index (κ2) is 9.27. The number of carbonyl (C=O) groups is 2. The maximum atomic E-state index is 12.0. The van der Waals surface area contributed by atoms with Crippen LogP contribution in [0.3, 0.4) is 0 Å². The molecule has 134 valence electrons. The molecule has 0 saturated heterocycles. The number of nitrogens with one attached hydrogen (secondary N) is 1. The lowest BCUT2D eigenvalue weighted by Crippen LogP contribution is -2.41. The number of ether oxygens (including phenoxy) is 1. The quantitative estimate of drug-likeness (QED) is 0.778. The Labute approximate surface area is 144 Å². The Morgan fingerprint density at radius 2 is 1.83 bits per heavy atom. The number of rotatable bonds is 7. The predicted molar refractivity (Wildman–Crippen MR) is 92.3 cm³/mol. The van der Waals surface area contributed by atoms with Crippen LogP contribution in [0.2, 0.25) is 0 Å². The third-order valence-corrected chi connectivity index (χ3v) is 3.38. The van der Waals surface area contributed by atoms with Crippen LogP contribution in [0.15, 0.2) is 30.3 Å². The summed E-state index contributed by atoms with van der Waals surface area (Å²) >= 11 is 0. The summed E-state index contributed by atoms with van der Waals surface area (Å²) in [5, 5.41) is 4.05. The van der Waals surface area contributed by atoms with Crippen molar-refractivity contribution in [1.29, 1.82) is 0 Å². The van der Waals surface area contributed by atoms with Crippen molar-refractivity contribution in [2.24, 2.45) is 0 Å². The highest BCUT2D eigenvalue weighted by Gasteiger charge is 2.21. The van der Waals surface area contributed by atoms with Crippen LogP contribution in [0.5, 0.6) is 0 Å². The number of amides is 2. The Bertz CT molecular complexity index is 526. The van der Waals surface area contributed by atoms with Gasteiger partial charge in [0.2, 0.25) is 5.91 Å². The molecule has 24 heavy (non-hydrogen) atoms. The summed E-state index contributed by atoms with van der Waals surface area (Å²) in [5.74, 6) is -0.137. The van der Waals surface area contributed by atoms with Crippen molar-refractivity contribution in [3.8, 4) is 0 Å². The summed E-state index contributed by atoms with van der Waals surface area (Å²) in [6, 6.07) is 9.63. The Morgan fingerprint density at radius 1 is 1.21 bits per heavy atom. The van der Waals surface area contributed by atoms with Crippen LogP contribution in [0.25, 0.3) is 0 Å². The van der Waals surface area contributed by atoms with Crippen LogP contribution in [0, 0.1) is 0 Å². The zero-order valence-electron chi connectivity index (χ0n) is 15.2. The average molecular weight is 336 g/mol. The number of hydrogen-bond acceptors (Lipinski definition) is 4. The minimum Gasteiger partial charge on any atom is -0.444 e. The van der Waals surface area contributed by atoms with E-state index in [1.165, 1.54) is 12.2 Å². The zero-order chi connectivity index (χ0) is 18.2. The van der Waals surface area contributed by atoms with E-state index in [0.29, 0.717) is 12.8 Å². The Hall–Kier alpha value is -2.08. The van der Waals surface area contributed by atoms with Gasteiger partial charge in [-0.2, -0.15) is 0 Å². The van der Waals surface area contributed by atoms with Crippen LogP contribution in [-0.4, -0.2) is 42.9 Å². The van der Waals surface area contributed by atoms with Crippen LogP contribution in [0.1, 0.15) is 39.2 Å². The monoisotopic (exact) mass is 336 g/mol. The number of hydrogen-bond donors (Lipinski definition) is 1. The Kier molecular flexibility index (Phi) is 7.71. The van der Waals surface area contributed by atoms with Gasteiger partial charge in [0.05, 0.1) is 7.11 Å². The molecule has 0 unspecified atom stereocenters. The SMILES string of the molecule is CON(C)C(=O)CC[C@@H](Cc1ccccc1)NC(=O)OC(C)(C)C. The summed E-state index contributed by atoms with van der Waals surface area (Å²) < 4.78 is 5.31. The van der Waals surface area contributed by atoms with E-state index in [0.717, 1.165) is 5.56 Å². The van der Waals surface area contributed by atoms with Crippen molar-refractivity contribution in [3.63, 3.8) is 0 Å². The molecule has 0 saturated carbocycles. The van der Waals surface area contributed by atoms with E-state index >= 15 is 0 Å². The third-order valence-electron chi connectivity index (χ3n) is 3.38. The molecule has 1 aromatic rings. The second-order valence-electron chi connectivity index (χ2n) is 6.65. The molecule has 0 fully saturated rings. The lowest BCUT2D eigenvalue weighted by molar-refractivity contribution is -0.168. The first-order chi connectivity index (χ1) is 11.2. The number of nitrogens with zero attached hydrogens (tertiary/aromatic N) is 1. The van der Waals surface area contributed by atoms with Crippen LogP contribution in [-0.2, 0) is 20.8 Å². The first kappa shape index (κ1) is 20.0. The smallest absolute Gasteiger partial charge is 0.407 e. The van der Waals surface area contributed by atoms with Gasteiger partial charge in [0.15, 0.2) is 0 Å². The predicted octanol–water partition coefficient (Wildman–Crippen LogP) is 2.92. The molecular formula is C18H28N2O4. The van der Waals surface area contributed by atoms with Crippen molar-refractivity contribution in [1.82, 2.24) is 10.4 Å². The molecule has 1 aromatic carbocycles. The van der Waals surface area contributed by atoms with Crippen LogP contribution >= 0.6 is 0 Å². The fourth-order valence-corrected chi connectivity index (χ4v) is 2.16. The average Bonchev–Trinajstić information content (AvgIpc) is 2.50. The van der Waals surface area contributed by atoms with E-state index in [-0.39, 0.29) is 18.4 Å². The fourth-order valence-electron chi connectivity index (χ4n) is 2.16. The third kappa shape index (κ3) is 7.97. The molecule has 0 aliphatic rings. The van der Waals surface area contributed by atoms with E-state index < -0.39 is 11.7 Å². The van der Waals surface area contributed by atoms with Gasteiger partial charge in [-0.15, -0.1) is 0 Å². The van der Waals surface area contributed by atoms with Gasteiger partial charge in [-0.3, -0.25) is 9.63 Å². The zero-order valence-corrected chi connectivity index (χ0v) is 15.2. The minimum absolute atomic E-state index is 0.137. The molecule has 1 rings (SSSR count). The normalized spacial score (nSPS) is 12.4. The van der Waals surface area contributed by atoms with Crippen molar-refractivity contribution in [2.75, 3.05) is 14.2 Å². The van der Waals surface area contributed by atoms with E-state index in [9.17, 15) is 9.59 Å². The molecule has 6 heteroatoms. The van der Waals surface area contributed by atoms with Gasteiger partial charge in [-0.1, -0.05) is 30.3 Å². The molecular weight excluding hydrogens is 308 g/mol. The molecule has 0 aliphatic heterocycles. The molecule has 0 heterocycles. The van der Waals surface area contributed by atoms with E-state index in [1.54, 1.807) is 7.05 Å². The van der Waals surface area contributed by atoms with Gasteiger partial charge < -0.3 is 10.1 Å². The lowest BCUT2D eigenvalue weighted by atomic mass is 10.0. The van der Waals surface area contributed by atoms with Crippen LogP contribution in [0.4, 0.5) is 4.79 Å². The molecule has 0 spiro atoms. The number of benzene rings is 1. The van der Waals surface area contributed by atoms with Gasteiger partial charge in [0.25, 0.3) is 0 Å². The number of alkyl carbamates (subject to hydrolysis) is 1. The highest BCUT2D eigenvalue weighted by molar-refractivity contribution is 5.75. The van der Waals surface area contributed by atoms with Crippen molar-refractivity contribution in [3.05, 3.63) is 35.9 Å². The highest BCUT2D eigenvalue weighted by Crippen LogP contribution is 2.11. The van der Waals surface area contributed by atoms with E-state index in [4.69, 9.17) is 9.57 Å². The standard InChI is InChI=1S/C18H28N2O4/c1-18(2,3)24-17(22)19-15(11-12-16(21)20(4)23-5)13-14-9-7-6-8-10-14/h6-10,15H,11-13H2,1-5H3,(H,19,22)/t15-/m0/s1. The van der Waals surface area contributed by atoms with Gasteiger partial charge in [-0.25, -0.2) is 9.86 Å². The summed E-state index contributed by atoms with van der Waals surface area (Å²) in [6.45, 7) is 5.45. The minimum atomic E-state index is -0.562. The maximum absolute atomic E-state index is 12.0. The molecule has 0 aliphatic carbocycles. The van der Waals surface area contributed by atoms with Gasteiger partial charge >= 0.3 is 6.09 Å². The van der Waals surface area contributed by atoms with Crippen molar-refractivity contribution in [2.45, 2.75) is 51.7 Å². The van der Waals surface area contributed by atoms with Crippen molar-refractivity contribution >= 4 is 12.0 Å². The number of carbonyl (C=O) groups excluding carboxylic acids is 2. The van der Waals surface area contributed by atoms with Gasteiger partial charge in [0.1, 0.15) is 5.60 Å². The molecule has 1 N–H and O–H groups in total. The van der Waals surface area contributed by atoms with Gasteiger partial charge in [0, 0.05) is 19.5 Å². The summed E-state index contributed by atoms with van der Waals surface area (Å²) in [5.41, 5.74) is 0.527. The van der Waals surface area contributed by atoms with E-state index in [1.807, 2.05) is 51.1 Å². The van der Waals surface area contributed by atoms with E-state index in [2.05, 4.69) is 5.32 Å². The number of hydroxylamine groups is 2. The van der Waals surface area contributed by atoms with Gasteiger partial charge in [-0.05, 0) is 39.2 Å². The molecule has 2 amide bonds. The molecule has 0 aromatic heterocycles. The molecule has 0 radical (unpaired) electrons. The lowest BCUT2D eigenvalue weighted by Gasteiger charge is -2.24. The molecule has 6 nitrogen and oxygen atoms in total. The summed E-state index contributed by atoms with van der Waals surface area (Å²) in [6.07, 6.45) is 0.929. The second-order valence-corrected chi connectivity index (χ2v) is 6.65. The van der Waals surface area contributed by atoms with Crippen molar-refractivity contribution < 1.29 is 19.2 Å². The molecule has 1 atom stereocenters. The summed E-state index contributed by atoms with van der Waals surface area (Å²) in [4.78, 5) is 28.8. The highest BCUT2D eigenvalue weighted by atomic mass is 16.7. The van der Waals surface area contributed by atoms with Crippen LogP contribution < -0.4 is 5.32 Å². The Balaban J connectivity index is 2.68. The first-order valence-electron chi connectivity index (χ1n) is 8.05. The largest absolute Gasteiger partial charge is 0.444 e. The topological polar surface area (TPSA) is 67.9 Å². The fraction of sp³-hybridized carbons (Fsp3) is 0.556. The summed E-state index contributed by atoms with van der Waals surface area (Å²) in [7, 11) is 3.01.